The number of hydrogen-bond donors (Lipinski definition) is 2. The van der Waals surface area contributed by atoms with Gasteiger partial charge in [0.1, 0.15) is 6.33 Å². The molecule has 0 unspecified atom stereocenters. The Bertz CT molecular complexity index is 728. The van der Waals surface area contributed by atoms with E-state index in [1.165, 1.54) is 19.3 Å². The molecule has 1 heterocycles. The molecule has 8 heteroatoms. The highest BCUT2D eigenvalue weighted by atomic mass is 35.5. The zero-order valence-electron chi connectivity index (χ0n) is 15.7. The average molecular weight is 414 g/mol. The molecular weight excluding hydrogens is 385 g/mol. The molecule has 0 bridgehead atoms. The lowest BCUT2D eigenvalue weighted by Gasteiger charge is -2.35. The van der Waals surface area contributed by atoms with Gasteiger partial charge in [0.05, 0.1) is 0 Å². The molecule has 0 atom stereocenters. The number of nitrogens with zero attached hydrogens (tertiary/aromatic N) is 3. The minimum absolute atomic E-state index is 0. The van der Waals surface area contributed by atoms with Crippen molar-refractivity contribution in [2.24, 2.45) is 11.1 Å². The van der Waals surface area contributed by atoms with Gasteiger partial charge in [0.25, 0.3) is 0 Å². The minimum Gasteiger partial charge on any atom is -0.330 e. The zero-order valence-corrected chi connectivity index (χ0v) is 17.3. The van der Waals surface area contributed by atoms with E-state index in [0.717, 1.165) is 36.5 Å². The van der Waals surface area contributed by atoms with E-state index in [1.54, 1.807) is 6.33 Å². The van der Waals surface area contributed by atoms with Crippen LogP contribution >= 0.6 is 24.8 Å². The van der Waals surface area contributed by atoms with E-state index < -0.39 is 0 Å². The molecule has 1 aromatic heterocycles. The molecule has 3 N–H and O–H groups in total. The van der Waals surface area contributed by atoms with Crippen LogP contribution in [0.25, 0.3) is 11.4 Å². The maximum Gasteiger partial charge on any atom is 0.224 e. The van der Waals surface area contributed by atoms with E-state index >= 15 is 0 Å². The number of hydrogen-bond acceptors (Lipinski definition) is 4. The summed E-state index contributed by atoms with van der Waals surface area (Å²) in [7, 11) is 0. The van der Waals surface area contributed by atoms with Crippen molar-refractivity contribution < 1.29 is 4.79 Å². The van der Waals surface area contributed by atoms with Gasteiger partial charge in [-0.25, -0.2) is 0 Å². The quantitative estimate of drug-likeness (QED) is 0.747. The largest absolute Gasteiger partial charge is 0.330 e. The van der Waals surface area contributed by atoms with Gasteiger partial charge in [0, 0.05) is 24.2 Å². The third-order valence-corrected chi connectivity index (χ3v) is 5.24. The minimum atomic E-state index is -0.0255. The zero-order chi connectivity index (χ0) is 17.7. The van der Waals surface area contributed by atoms with E-state index in [2.05, 4.69) is 22.4 Å². The fourth-order valence-electron chi connectivity index (χ4n) is 3.75. The highest BCUT2D eigenvalue weighted by molar-refractivity contribution is 5.91. The Labute approximate surface area is 173 Å². The van der Waals surface area contributed by atoms with Gasteiger partial charge in [-0.1, -0.05) is 31.4 Å². The van der Waals surface area contributed by atoms with Crippen molar-refractivity contribution in [1.29, 1.82) is 0 Å². The summed E-state index contributed by atoms with van der Waals surface area (Å²) >= 11 is 0. The number of carbonyl (C=O) groups is 1. The molecule has 1 saturated carbocycles. The third kappa shape index (κ3) is 5.67. The Hall–Kier alpha value is -1.63. The van der Waals surface area contributed by atoms with Gasteiger partial charge in [-0.3, -0.25) is 4.79 Å². The van der Waals surface area contributed by atoms with Crippen LogP contribution in [0.2, 0.25) is 0 Å². The molecule has 1 aromatic carbocycles. The van der Waals surface area contributed by atoms with Crippen LogP contribution in [0, 0.1) is 5.41 Å². The smallest absolute Gasteiger partial charge is 0.224 e. The Morgan fingerprint density at radius 2 is 2.00 bits per heavy atom. The van der Waals surface area contributed by atoms with Crippen molar-refractivity contribution in [1.82, 2.24) is 14.8 Å². The lowest BCUT2D eigenvalue weighted by atomic mass is 9.71. The number of halogens is 2. The van der Waals surface area contributed by atoms with Crippen LogP contribution in [0.5, 0.6) is 0 Å². The predicted octanol–water partition coefficient (Wildman–Crippen LogP) is 4.05. The lowest BCUT2D eigenvalue weighted by molar-refractivity contribution is -0.118. The second-order valence-electron chi connectivity index (χ2n) is 7.01. The molecule has 1 aliphatic carbocycles. The van der Waals surface area contributed by atoms with Gasteiger partial charge >= 0.3 is 0 Å². The van der Waals surface area contributed by atoms with Gasteiger partial charge in [-0.05, 0) is 43.9 Å². The second kappa shape index (κ2) is 10.6. The van der Waals surface area contributed by atoms with Crippen molar-refractivity contribution >= 4 is 36.4 Å². The summed E-state index contributed by atoms with van der Waals surface area (Å²) in [6.07, 6.45) is 7.92. The van der Waals surface area contributed by atoms with Crippen LogP contribution in [0.15, 0.2) is 30.6 Å². The Morgan fingerprint density at radius 3 is 2.67 bits per heavy atom. The maximum atomic E-state index is 12.6. The van der Waals surface area contributed by atoms with Crippen LogP contribution in [0.1, 0.15) is 45.4 Å². The third-order valence-electron chi connectivity index (χ3n) is 5.24. The Balaban J connectivity index is 0.00000182. The Morgan fingerprint density at radius 1 is 1.26 bits per heavy atom. The highest BCUT2D eigenvalue weighted by Crippen LogP contribution is 2.38. The Kier molecular flexibility index (Phi) is 9.22. The molecule has 150 valence electrons. The van der Waals surface area contributed by atoms with Gasteiger partial charge < -0.3 is 15.6 Å². The van der Waals surface area contributed by atoms with Crippen LogP contribution < -0.4 is 11.1 Å². The highest BCUT2D eigenvalue weighted by Gasteiger charge is 2.32. The molecule has 1 fully saturated rings. The fraction of sp³-hybridized carbons (Fsp3) is 0.526. The van der Waals surface area contributed by atoms with Crippen molar-refractivity contribution in [3.05, 3.63) is 30.6 Å². The van der Waals surface area contributed by atoms with Crippen LogP contribution in [-0.4, -0.2) is 27.2 Å². The van der Waals surface area contributed by atoms with Crippen molar-refractivity contribution in [3.63, 3.8) is 0 Å². The van der Waals surface area contributed by atoms with E-state index in [0.29, 0.717) is 13.0 Å². The standard InChI is InChI=1S/C19H27N5O.2ClH/c1-2-24-14-21-23-18(24)15-7-6-8-16(11-15)22-17(25)12-19(13-20)9-4-3-5-10-19;;/h6-8,11,14H,2-5,9-10,12-13,20H2,1H3,(H,22,25);2*1H. The summed E-state index contributed by atoms with van der Waals surface area (Å²) in [5, 5.41) is 11.2. The SMILES string of the molecule is CCn1cnnc1-c1cccc(NC(=O)CC2(CN)CCCCC2)c1.Cl.Cl. The number of carbonyl (C=O) groups excluding carboxylic acids is 1. The number of benzene rings is 1. The number of anilines is 1. The summed E-state index contributed by atoms with van der Waals surface area (Å²) in [6.45, 7) is 3.44. The molecule has 0 spiro atoms. The van der Waals surface area contributed by atoms with Crippen molar-refractivity contribution in [2.75, 3.05) is 11.9 Å². The summed E-state index contributed by atoms with van der Waals surface area (Å²) in [6, 6.07) is 7.77. The molecule has 2 aromatic rings. The number of rotatable bonds is 6. The number of amides is 1. The first kappa shape index (κ1) is 23.4. The molecule has 1 aliphatic rings. The maximum absolute atomic E-state index is 12.6. The van der Waals surface area contributed by atoms with E-state index in [9.17, 15) is 4.79 Å². The molecule has 6 nitrogen and oxygen atoms in total. The summed E-state index contributed by atoms with van der Waals surface area (Å²) in [5.41, 5.74) is 7.71. The number of nitrogens with two attached hydrogens (primary N) is 1. The van der Waals surface area contributed by atoms with E-state index in [1.807, 2.05) is 28.8 Å². The van der Waals surface area contributed by atoms with Crippen molar-refractivity contribution in [2.45, 2.75) is 52.0 Å². The van der Waals surface area contributed by atoms with Gasteiger partial charge in [-0.15, -0.1) is 35.0 Å². The molecule has 27 heavy (non-hydrogen) atoms. The molecular formula is C19H29Cl2N5O. The van der Waals surface area contributed by atoms with Crippen LogP contribution in [-0.2, 0) is 11.3 Å². The molecule has 3 rings (SSSR count). The first-order chi connectivity index (χ1) is 12.2. The van der Waals surface area contributed by atoms with Crippen LogP contribution in [0.4, 0.5) is 5.69 Å². The van der Waals surface area contributed by atoms with Gasteiger partial charge in [-0.2, -0.15) is 0 Å². The van der Waals surface area contributed by atoms with E-state index in [4.69, 9.17) is 5.73 Å². The van der Waals surface area contributed by atoms with Gasteiger partial charge in [0.2, 0.25) is 5.91 Å². The van der Waals surface area contributed by atoms with E-state index in [-0.39, 0.29) is 36.1 Å². The van der Waals surface area contributed by atoms with Crippen molar-refractivity contribution in [3.8, 4) is 11.4 Å². The lowest BCUT2D eigenvalue weighted by Crippen LogP contribution is -2.36. The molecule has 0 saturated heterocycles. The first-order valence-electron chi connectivity index (χ1n) is 9.14. The number of aryl methyl sites for hydroxylation is 1. The van der Waals surface area contributed by atoms with Crippen LogP contribution in [0.3, 0.4) is 0 Å². The summed E-state index contributed by atoms with van der Waals surface area (Å²) in [5.74, 6) is 0.853. The van der Waals surface area contributed by atoms with Gasteiger partial charge in [0.15, 0.2) is 5.82 Å². The summed E-state index contributed by atoms with van der Waals surface area (Å²) < 4.78 is 1.98. The first-order valence-corrected chi connectivity index (χ1v) is 9.14. The number of nitrogens with one attached hydrogen (secondary N) is 1. The molecule has 1 amide bonds. The number of aromatic nitrogens is 3. The average Bonchev–Trinajstić information content (AvgIpc) is 3.11. The second-order valence-corrected chi connectivity index (χ2v) is 7.01. The molecule has 0 radical (unpaired) electrons. The monoisotopic (exact) mass is 413 g/mol. The summed E-state index contributed by atoms with van der Waals surface area (Å²) in [4.78, 5) is 12.6. The topological polar surface area (TPSA) is 85.8 Å². The fourth-order valence-corrected chi connectivity index (χ4v) is 3.75. The molecule has 0 aliphatic heterocycles. The predicted molar refractivity (Wildman–Crippen MR) is 113 cm³/mol. The normalized spacial score (nSPS) is 15.3.